The van der Waals surface area contributed by atoms with Crippen molar-refractivity contribution in [1.29, 1.82) is 0 Å². The Morgan fingerprint density at radius 3 is 2.35 bits per heavy atom. The molecule has 0 radical (unpaired) electrons. The van der Waals surface area contributed by atoms with Crippen LogP contribution in [-0.4, -0.2) is 51.5 Å². The van der Waals surface area contributed by atoms with Crippen molar-refractivity contribution in [2.24, 2.45) is 5.41 Å². The van der Waals surface area contributed by atoms with E-state index in [2.05, 4.69) is 26.3 Å². The molecule has 1 aromatic heterocycles. The first-order valence-electron chi connectivity index (χ1n) is 12.1. The first-order valence-corrected chi connectivity index (χ1v) is 13.2. The number of aliphatic carboxylic acids is 1. The first kappa shape index (κ1) is 27.6. The van der Waals surface area contributed by atoms with Crippen molar-refractivity contribution in [2.45, 2.75) is 57.5 Å². The maximum absolute atomic E-state index is 13.6. The summed E-state index contributed by atoms with van der Waals surface area (Å²) in [5, 5.41) is 22.7. The van der Waals surface area contributed by atoms with Gasteiger partial charge in [0.2, 0.25) is 5.95 Å². The molecule has 13 heteroatoms. The standard InChI is InChI=1S/C24H29Cl2FN6O3S/c1-24(21(34)35)6-2-14(3-7-24)29-20-18(12-28-22(33-20)30-15-4-8-36-9-5-15)31-23(37)32-19-16(25)10-13(27)11-17(19)26/h10-12,14-15H,2-9H2,1H3,(H,34,35)(H2,31,32,37)(H2,28,29,30,33). The average Bonchev–Trinajstić information content (AvgIpc) is 2.85. The zero-order valence-electron chi connectivity index (χ0n) is 20.2. The van der Waals surface area contributed by atoms with Crippen LogP contribution in [0.15, 0.2) is 18.3 Å². The van der Waals surface area contributed by atoms with Crippen LogP contribution in [0.5, 0.6) is 0 Å². The van der Waals surface area contributed by atoms with E-state index in [1.54, 1.807) is 13.1 Å². The molecule has 2 fully saturated rings. The molecule has 1 aromatic carbocycles. The number of nitrogens with zero attached hydrogens (tertiary/aromatic N) is 2. The van der Waals surface area contributed by atoms with Crippen LogP contribution in [0, 0.1) is 11.2 Å². The van der Waals surface area contributed by atoms with Gasteiger partial charge in [-0.25, -0.2) is 9.37 Å². The monoisotopic (exact) mass is 570 g/mol. The van der Waals surface area contributed by atoms with Crippen molar-refractivity contribution in [3.63, 3.8) is 0 Å². The number of benzene rings is 1. The van der Waals surface area contributed by atoms with E-state index in [1.807, 2.05) is 0 Å². The molecule has 0 amide bonds. The molecule has 0 atom stereocenters. The Bertz CT molecular complexity index is 1140. The number of carboxylic acid groups (broad SMARTS) is 1. The van der Waals surface area contributed by atoms with Gasteiger partial charge in [-0.1, -0.05) is 23.2 Å². The Morgan fingerprint density at radius 1 is 1.11 bits per heavy atom. The van der Waals surface area contributed by atoms with Gasteiger partial charge < -0.3 is 31.1 Å². The highest BCUT2D eigenvalue weighted by Crippen LogP contribution is 2.38. The second kappa shape index (κ2) is 11.9. The van der Waals surface area contributed by atoms with Gasteiger partial charge in [0.1, 0.15) is 11.5 Å². The predicted molar refractivity (Wildman–Crippen MR) is 147 cm³/mol. The minimum Gasteiger partial charge on any atom is -0.481 e. The number of ether oxygens (including phenoxy) is 1. The molecule has 9 nitrogen and oxygen atoms in total. The maximum Gasteiger partial charge on any atom is 0.309 e. The Hall–Kier alpha value is -2.47. The molecule has 5 N–H and O–H groups in total. The molecular weight excluding hydrogens is 542 g/mol. The Kier molecular flexibility index (Phi) is 8.89. The number of thiocarbonyl (C=S) groups is 1. The van der Waals surface area contributed by atoms with Crippen molar-refractivity contribution in [2.75, 3.05) is 34.5 Å². The summed E-state index contributed by atoms with van der Waals surface area (Å²) in [7, 11) is 0. The number of nitrogens with one attached hydrogen (secondary N) is 4. The van der Waals surface area contributed by atoms with Crippen LogP contribution in [0.3, 0.4) is 0 Å². The molecule has 1 saturated carbocycles. The van der Waals surface area contributed by atoms with Crippen LogP contribution in [0.1, 0.15) is 45.4 Å². The molecule has 0 unspecified atom stereocenters. The topological polar surface area (TPSA) is 120 Å². The van der Waals surface area contributed by atoms with Crippen LogP contribution in [-0.2, 0) is 9.53 Å². The summed E-state index contributed by atoms with van der Waals surface area (Å²) in [5.41, 5.74) is 0.0616. The van der Waals surface area contributed by atoms with Gasteiger partial charge >= 0.3 is 5.97 Å². The smallest absolute Gasteiger partial charge is 0.309 e. The zero-order chi connectivity index (χ0) is 26.6. The normalized spacial score (nSPS) is 22.2. The molecule has 4 rings (SSSR count). The highest BCUT2D eigenvalue weighted by Gasteiger charge is 2.37. The summed E-state index contributed by atoms with van der Waals surface area (Å²) in [5.74, 6) is -0.338. The summed E-state index contributed by atoms with van der Waals surface area (Å²) < 4.78 is 19.0. The lowest BCUT2D eigenvalue weighted by Crippen LogP contribution is -2.37. The quantitative estimate of drug-likeness (QED) is 0.262. The van der Waals surface area contributed by atoms with E-state index in [0.717, 1.165) is 25.0 Å². The van der Waals surface area contributed by atoms with Gasteiger partial charge in [-0.3, -0.25) is 4.79 Å². The third-order valence-electron chi connectivity index (χ3n) is 6.78. The minimum absolute atomic E-state index is 0.0290. The number of hydrogen-bond acceptors (Lipinski definition) is 7. The molecule has 2 aromatic rings. The van der Waals surface area contributed by atoms with E-state index >= 15 is 0 Å². The third kappa shape index (κ3) is 7.10. The zero-order valence-corrected chi connectivity index (χ0v) is 22.6. The number of aromatic nitrogens is 2. The lowest BCUT2D eigenvalue weighted by atomic mass is 9.74. The number of halogens is 3. The fraction of sp³-hybridized carbons (Fsp3) is 0.500. The Labute approximate surface area is 229 Å². The van der Waals surface area contributed by atoms with Crippen molar-refractivity contribution in [3.8, 4) is 0 Å². The fourth-order valence-corrected chi connectivity index (χ4v) is 5.18. The molecule has 2 heterocycles. The molecule has 0 spiro atoms. The molecule has 1 saturated heterocycles. The van der Waals surface area contributed by atoms with E-state index in [9.17, 15) is 14.3 Å². The maximum atomic E-state index is 13.6. The Morgan fingerprint density at radius 2 is 1.73 bits per heavy atom. The summed E-state index contributed by atoms with van der Waals surface area (Å²) in [6.45, 7) is 3.15. The van der Waals surface area contributed by atoms with Gasteiger partial charge in [0.05, 0.1) is 27.3 Å². The third-order valence-corrected chi connectivity index (χ3v) is 7.58. The molecule has 37 heavy (non-hydrogen) atoms. The van der Waals surface area contributed by atoms with E-state index < -0.39 is 17.2 Å². The van der Waals surface area contributed by atoms with Crippen LogP contribution >= 0.6 is 35.4 Å². The van der Waals surface area contributed by atoms with Gasteiger partial charge in [0.25, 0.3) is 0 Å². The molecule has 1 aliphatic heterocycles. The van der Waals surface area contributed by atoms with E-state index in [1.165, 1.54) is 0 Å². The van der Waals surface area contributed by atoms with E-state index in [-0.39, 0.29) is 32.9 Å². The second-order valence-corrected chi connectivity index (χ2v) is 10.8. The molecule has 1 aliphatic carbocycles. The van der Waals surface area contributed by atoms with Gasteiger partial charge in [0, 0.05) is 25.3 Å². The summed E-state index contributed by atoms with van der Waals surface area (Å²) >= 11 is 17.7. The van der Waals surface area contributed by atoms with Crippen molar-refractivity contribution in [3.05, 3.63) is 34.2 Å². The summed E-state index contributed by atoms with van der Waals surface area (Å²) in [6.07, 6.45) is 5.80. The highest BCUT2D eigenvalue weighted by atomic mass is 35.5. The van der Waals surface area contributed by atoms with Gasteiger partial charge in [-0.2, -0.15) is 4.98 Å². The molecule has 0 bridgehead atoms. The summed E-state index contributed by atoms with van der Waals surface area (Å²) in [4.78, 5) is 20.8. The van der Waals surface area contributed by atoms with Crippen LogP contribution in [0.2, 0.25) is 10.0 Å². The van der Waals surface area contributed by atoms with Gasteiger partial charge in [-0.15, -0.1) is 0 Å². The van der Waals surface area contributed by atoms with E-state index in [0.29, 0.717) is 56.4 Å². The van der Waals surface area contributed by atoms with Gasteiger partial charge in [0.15, 0.2) is 10.9 Å². The SMILES string of the molecule is CC1(C(=O)O)CCC(Nc2nc(NC3CCOCC3)ncc2NC(=S)Nc2c(Cl)cc(F)cc2Cl)CC1. The van der Waals surface area contributed by atoms with Crippen LogP contribution in [0.25, 0.3) is 0 Å². The minimum atomic E-state index is -0.771. The lowest BCUT2D eigenvalue weighted by molar-refractivity contribution is -0.149. The van der Waals surface area contributed by atoms with Crippen LogP contribution in [0.4, 0.5) is 27.5 Å². The van der Waals surface area contributed by atoms with Gasteiger partial charge in [-0.05, 0) is 69.8 Å². The first-order chi connectivity index (χ1) is 17.6. The van der Waals surface area contributed by atoms with E-state index in [4.69, 9.17) is 45.1 Å². The highest BCUT2D eigenvalue weighted by molar-refractivity contribution is 7.80. The number of carboxylic acids is 1. The molecular formula is C24H29Cl2FN6O3S. The fourth-order valence-electron chi connectivity index (χ4n) is 4.41. The number of carbonyl (C=O) groups is 1. The Balaban J connectivity index is 1.51. The molecule has 2 aliphatic rings. The summed E-state index contributed by atoms with van der Waals surface area (Å²) in [6, 6.07) is 2.51. The predicted octanol–water partition coefficient (Wildman–Crippen LogP) is 5.77. The van der Waals surface area contributed by atoms with Crippen molar-refractivity contribution < 1.29 is 19.0 Å². The number of anilines is 4. The van der Waals surface area contributed by atoms with Crippen molar-refractivity contribution in [1.82, 2.24) is 9.97 Å². The number of rotatable bonds is 7. The average molecular weight is 572 g/mol. The van der Waals surface area contributed by atoms with Crippen LogP contribution < -0.4 is 21.3 Å². The molecule has 200 valence electrons. The number of hydrogen-bond donors (Lipinski definition) is 5. The second-order valence-electron chi connectivity index (χ2n) is 9.59. The lowest BCUT2D eigenvalue weighted by Gasteiger charge is -2.34. The largest absolute Gasteiger partial charge is 0.481 e. The van der Waals surface area contributed by atoms with Crippen molar-refractivity contribution >= 4 is 69.6 Å².